The van der Waals surface area contributed by atoms with Crippen molar-refractivity contribution in [3.05, 3.63) is 77.6 Å². The summed E-state index contributed by atoms with van der Waals surface area (Å²) in [5.74, 6) is -0.123. The number of nitrogens with zero attached hydrogens (tertiary/aromatic N) is 3. The number of hydrogen-bond donors (Lipinski definition) is 2. The van der Waals surface area contributed by atoms with Crippen molar-refractivity contribution in [3.63, 3.8) is 0 Å². The highest BCUT2D eigenvalue weighted by Crippen LogP contribution is 2.46. The Hall–Kier alpha value is -3.97. The highest BCUT2D eigenvalue weighted by Gasteiger charge is 2.32. The van der Waals surface area contributed by atoms with E-state index in [4.69, 9.17) is 9.82 Å². The molecule has 3 aromatic carbocycles. The first-order valence-electron chi connectivity index (χ1n) is 11.0. The monoisotopic (exact) mass is 457 g/mol. The summed E-state index contributed by atoms with van der Waals surface area (Å²) < 4.78 is 14.3. The number of halogens is 1. The predicted molar refractivity (Wildman–Crippen MR) is 131 cm³/mol. The highest BCUT2D eigenvalue weighted by atomic mass is 19.1. The van der Waals surface area contributed by atoms with E-state index in [9.17, 15) is 14.6 Å². The number of phenols is 2. The largest absolute Gasteiger partial charge is 0.508 e. The lowest BCUT2D eigenvalue weighted by atomic mass is 9.96. The number of aromatic nitrogens is 1. The first kappa shape index (κ1) is 21.9. The molecule has 2 N–H and O–H groups in total. The zero-order valence-corrected chi connectivity index (χ0v) is 18.9. The van der Waals surface area contributed by atoms with E-state index in [1.54, 1.807) is 42.5 Å². The van der Waals surface area contributed by atoms with Crippen molar-refractivity contribution < 1.29 is 19.4 Å². The Balaban J connectivity index is 1.75. The van der Waals surface area contributed by atoms with Gasteiger partial charge in [0.15, 0.2) is 0 Å². The van der Waals surface area contributed by atoms with Crippen molar-refractivity contribution in [1.29, 1.82) is 0 Å². The van der Waals surface area contributed by atoms with Gasteiger partial charge in [-0.3, -0.25) is 0 Å². The van der Waals surface area contributed by atoms with Gasteiger partial charge in [-0.15, -0.1) is 0 Å². The molecular weight excluding hydrogens is 433 g/mol. The van der Waals surface area contributed by atoms with Crippen molar-refractivity contribution in [2.45, 2.75) is 6.42 Å². The molecule has 0 amide bonds. The van der Waals surface area contributed by atoms with E-state index in [0.717, 1.165) is 29.7 Å². The van der Waals surface area contributed by atoms with Crippen molar-refractivity contribution in [2.75, 3.05) is 27.2 Å². The van der Waals surface area contributed by atoms with Gasteiger partial charge in [0.1, 0.15) is 29.6 Å². The molecule has 1 aliphatic rings. The van der Waals surface area contributed by atoms with Crippen molar-refractivity contribution in [3.8, 4) is 33.9 Å². The van der Waals surface area contributed by atoms with Crippen LogP contribution in [0.15, 0.2) is 65.8 Å². The molecule has 1 aromatic heterocycles. The zero-order chi connectivity index (χ0) is 23.8. The van der Waals surface area contributed by atoms with Gasteiger partial charge in [-0.2, -0.15) is 0 Å². The summed E-state index contributed by atoms with van der Waals surface area (Å²) in [5, 5.41) is 25.1. The summed E-state index contributed by atoms with van der Waals surface area (Å²) in [7, 11) is 3.99. The molecule has 7 heteroatoms. The molecule has 0 aliphatic heterocycles. The number of fused-ring (bicyclic) bond motifs is 5. The molecule has 0 fully saturated rings. The maximum absolute atomic E-state index is 14.3. The molecule has 34 heavy (non-hydrogen) atoms. The Kier molecular flexibility index (Phi) is 5.63. The summed E-state index contributed by atoms with van der Waals surface area (Å²) >= 11 is 0. The molecule has 0 unspecified atom stereocenters. The third-order valence-corrected chi connectivity index (χ3v) is 5.85. The van der Waals surface area contributed by atoms with Gasteiger partial charge in [-0.1, -0.05) is 5.16 Å². The van der Waals surface area contributed by atoms with Crippen LogP contribution in [0.2, 0.25) is 0 Å². The first-order chi connectivity index (χ1) is 16.4. The number of aromatic hydroxyl groups is 2. The third kappa shape index (κ3) is 3.95. The van der Waals surface area contributed by atoms with E-state index in [0.29, 0.717) is 40.0 Å². The molecular formula is C27H24FN3O3. The first-order valence-corrected chi connectivity index (χ1v) is 11.0. The van der Waals surface area contributed by atoms with E-state index >= 15 is 0 Å². The third-order valence-electron chi connectivity index (χ3n) is 5.85. The van der Waals surface area contributed by atoms with Gasteiger partial charge in [0.05, 0.1) is 11.2 Å². The molecule has 1 heterocycles. The summed E-state index contributed by atoms with van der Waals surface area (Å²) in [4.78, 5) is 12.6. The minimum absolute atomic E-state index is 0.0986. The fourth-order valence-corrected chi connectivity index (χ4v) is 4.30. The lowest BCUT2D eigenvalue weighted by Crippen LogP contribution is -2.14. The summed E-state index contributed by atoms with van der Waals surface area (Å²) in [6.07, 6.45) is 0.800. The summed E-state index contributed by atoms with van der Waals surface area (Å²) in [5.41, 5.74) is 5.64. The number of oxime groups is 1. The zero-order valence-electron chi connectivity index (χ0n) is 18.9. The van der Waals surface area contributed by atoms with E-state index in [1.165, 1.54) is 12.1 Å². The highest BCUT2D eigenvalue weighted by molar-refractivity contribution is 6.31. The van der Waals surface area contributed by atoms with Crippen LogP contribution in [0.4, 0.5) is 4.39 Å². The van der Waals surface area contributed by atoms with Crippen molar-refractivity contribution in [1.82, 2.24) is 9.88 Å². The molecule has 0 atom stereocenters. The van der Waals surface area contributed by atoms with Gasteiger partial charge in [0.25, 0.3) is 0 Å². The number of hydrogen-bond acceptors (Lipinski definition) is 6. The Morgan fingerprint density at radius 1 is 0.912 bits per heavy atom. The van der Waals surface area contributed by atoms with Gasteiger partial charge in [-0.05, 0) is 86.7 Å². The Morgan fingerprint density at radius 2 is 1.68 bits per heavy atom. The van der Waals surface area contributed by atoms with Crippen molar-refractivity contribution in [2.24, 2.45) is 5.16 Å². The van der Waals surface area contributed by atoms with Gasteiger partial charge in [0, 0.05) is 34.2 Å². The molecule has 1 aliphatic carbocycles. The average molecular weight is 458 g/mol. The maximum Gasteiger partial charge on any atom is 0.123 e. The van der Waals surface area contributed by atoms with Crippen LogP contribution in [0.1, 0.15) is 17.5 Å². The second-order valence-corrected chi connectivity index (χ2v) is 8.58. The van der Waals surface area contributed by atoms with Crippen LogP contribution in [0.25, 0.3) is 33.3 Å². The lowest BCUT2D eigenvalue weighted by Gasteiger charge is -2.13. The standard InChI is InChI=1S/C27H24FN3O3/c1-31(2)12-3-13-34-30-27-21-15-19(33)9-10-20(21)24-25(27)22-14-17(28)6-11-23(22)29-26(24)16-4-7-18(32)8-5-16/h4-11,14-15,32-33H,3,12-13H2,1-2H3/b30-27+. The van der Waals surface area contributed by atoms with Crippen LogP contribution in [0.5, 0.6) is 11.5 Å². The molecule has 0 saturated heterocycles. The molecule has 0 spiro atoms. The fraction of sp³-hybridized carbons (Fsp3) is 0.185. The van der Waals surface area contributed by atoms with E-state index < -0.39 is 0 Å². The van der Waals surface area contributed by atoms with Crippen LogP contribution in [-0.4, -0.2) is 53.1 Å². The molecule has 6 nitrogen and oxygen atoms in total. The molecule has 172 valence electrons. The smallest absolute Gasteiger partial charge is 0.123 e. The topological polar surface area (TPSA) is 78.2 Å². The SMILES string of the molecule is CN(C)CCCO/N=C1\c2cc(O)ccc2-c2c(-c3ccc(O)cc3)nc3ccc(F)cc3c21. The Bertz CT molecular complexity index is 1420. The Morgan fingerprint density at radius 3 is 2.44 bits per heavy atom. The number of benzene rings is 3. The molecule has 5 rings (SSSR count). The normalized spacial score (nSPS) is 13.5. The minimum atomic E-state index is -0.376. The second kappa shape index (κ2) is 8.76. The average Bonchev–Trinajstić information content (AvgIpc) is 3.12. The number of phenolic OH excluding ortho intramolecular Hbond substituents is 2. The van der Waals surface area contributed by atoms with Crippen LogP contribution in [0.3, 0.4) is 0 Å². The van der Waals surface area contributed by atoms with Crippen LogP contribution in [0, 0.1) is 5.82 Å². The molecule has 0 saturated carbocycles. The molecule has 0 bridgehead atoms. The van der Waals surface area contributed by atoms with Gasteiger partial charge in [0.2, 0.25) is 0 Å². The van der Waals surface area contributed by atoms with Crippen LogP contribution >= 0.6 is 0 Å². The maximum atomic E-state index is 14.3. The summed E-state index contributed by atoms with van der Waals surface area (Å²) in [6.45, 7) is 1.29. The summed E-state index contributed by atoms with van der Waals surface area (Å²) in [6, 6.07) is 16.3. The fourth-order valence-electron chi connectivity index (χ4n) is 4.30. The van der Waals surface area contributed by atoms with E-state index in [2.05, 4.69) is 10.1 Å². The van der Waals surface area contributed by atoms with Gasteiger partial charge >= 0.3 is 0 Å². The van der Waals surface area contributed by atoms with Crippen LogP contribution in [-0.2, 0) is 4.84 Å². The van der Waals surface area contributed by atoms with E-state index in [-0.39, 0.29) is 17.3 Å². The van der Waals surface area contributed by atoms with E-state index in [1.807, 2.05) is 20.2 Å². The predicted octanol–water partition coefficient (Wildman–Crippen LogP) is 5.15. The quantitative estimate of drug-likeness (QED) is 0.272. The molecule has 0 radical (unpaired) electrons. The number of pyridine rings is 1. The number of rotatable bonds is 6. The minimum Gasteiger partial charge on any atom is -0.508 e. The lowest BCUT2D eigenvalue weighted by molar-refractivity contribution is 0.135. The molecule has 4 aromatic rings. The van der Waals surface area contributed by atoms with Gasteiger partial charge in [-0.25, -0.2) is 9.37 Å². The Labute approximate surface area is 196 Å². The van der Waals surface area contributed by atoms with Crippen LogP contribution < -0.4 is 0 Å². The second-order valence-electron chi connectivity index (χ2n) is 8.58. The van der Waals surface area contributed by atoms with Gasteiger partial charge < -0.3 is 20.0 Å². The van der Waals surface area contributed by atoms with Crippen molar-refractivity contribution >= 4 is 16.6 Å².